The number of imide groups is 1. The smallest absolute Gasteiger partial charge is 0.293 e. The van der Waals surface area contributed by atoms with Gasteiger partial charge in [0.1, 0.15) is 18.2 Å². The van der Waals surface area contributed by atoms with Crippen LogP contribution in [0.25, 0.3) is 6.08 Å². The minimum atomic E-state index is -0.564. The van der Waals surface area contributed by atoms with Gasteiger partial charge in [-0.15, -0.1) is 0 Å². The van der Waals surface area contributed by atoms with E-state index in [4.69, 9.17) is 27.9 Å². The molecule has 0 unspecified atom stereocenters. The summed E-state index contributed by atoms with van der Waals surface area (Å²) in [6.07, 6.45) is 1.61. The van der Waals surface area contributed by atoms with E-state index in [0.29, 0.717) is 22.9 Å². The monoisotopic (exact) mass is 487 g/mol. The Morgan fingerprint density at radius 1 is 1.00 bits per heavy atom. The number of amides is 2. The summed E-state index contributed by atoms with van der Waals surface area (Å²) in [5, 5.41) is 0.344. The van der Waals surface area contributed by atoms with E-state index < -0.39 is 17.0 Å². The van der Waals surface area contributed by atoms with Crippen LogP contribution in [0.4, 0.5) is 9.18 Å². The predicted molar refractivity (Wildman–Crippen MR) is 125 cm³/mol. The van der Waals surface area contributed by atoms with Crippen molar-refractivity contribution in [2.24, 2.45) is 0 Å². The Morgan fingerprint density at radius 2 is 1.75 bits per heavy atom. The zero-order valence-electron chi connectivity index (χ0n) is 16.6. The first kappa shape index (κ1) is 22.4. The van der Waals surface area contributed by atoms with Gasteiger partial charge in [-0.05, 0) is 65.4 Å². The largest absolute Gasteiger partial charge is 0.489 e. The predicted octanol–water partition coefficient (Wildman–Crippen LogP) is 6.95. The Hall–Kier alpha value is -2.80. The molecule has 1 fully saturated rings. The Bertz CT molecular complexity index is 1190. The summed E-state index contributed by atoms with van der Waals surface area (Å²) < 4.78 is 19.9. The van der Waals surface area contributed by atoms with Crippen molar-refractivity contribution in [3.8, 4) is 5.75 Å². The van der Waals surface area contributed by atoms with E-state index in [1.54, 1.807) is 42.5 Å². The molecule has 1 saturated heterocycles. The lowest BCUT2D eigenvalue weighted by Gasteiger charge is -2.14. The normalized spacial score (nSPS) is 15.0. The molecule has 2 amide bonds. The van der Waals surface area contributed by atoms with Crippen LogP contribution in [0.15, 0.2) is 71.6 Å². The van der Waals surface area contributed by atoms with E-state index in [1.807, 2.05) is 12.1 Å². The molecule has 0 radical (unpaired) electrons. The van der Waals surface area contributed by atoms with E-state index in [1.165, 1.54) is 18.2 Å². The molecule has 1 aliphatic rings. The first-order valence-electron chi connectivity index (χ1n) is 9.56. The van der Waals surface area contributed by atoms with Crippen molar-refractivity contribution in [3.05, 3.63) is 104 Å². The van der Waals surface area contributed by atoms with Gasteiger partial charge < -0.3 is 4.74 Å². The molecule has 4 nitrogen and oxygen atoms in total. The average molecular weight is 488 g/mol. The zero-order valence-corrected chi connectivity index (χ0v) is 18.9. The third kappa shape index (κ3) is 5.15. The van der Waals surface area contributed by atoms with Gasteiger partial charge in [-0.1, -0.05) is 53.5 Å². The maximum Gasteiger partial charge on any atom is 0.293 e. The van der Waals surface area contributed by atoms with Gasteiger partial charge in [-0.2, -0.15) is 0 Å². The first-order chi connectivity index (χ1) is 15.4. The van der Waals surface area contributed by atoms with Crippen LogP contribution in [-0.4, -0.2) is 16.0 Å². The van der Waals surface area contributed by atoms with Crippen molar-refractivity contribution in [3.63, 3.8) is 0 Å². The third-order valence-electron chi connectivity index (χ3n) is 4.73. The van der Waals surface area contributed by atoms with E-state index in [-0.39, 0.29) is 22.0 Å². The molecule has 1 heterocycles. The number of thioether (sulfide) groups is 1. The van der Waals surface area contributed by atoms with Gasteiger partial charge in [0.25, 0.3) is 11.1 Å². The second kappa shape index (κ2) is 9.77. The van der Waals surface area contributed by atoms with Crippen molar-refractivity contribution in [2.45, 2.75) is 13.2 Å². The quantitative estimate of drug-likeness (QED) is 0.353. The number of hydrogen-bond donors (Lipinski definition) is 0. The molecule has 3 aromatic rings. The van der Waals surface area contributed by atoms with Crippen LogP contribution in [-0.2, 0) is 17.9 Å². The van der Waals surface area contributed by atoms with Crippen LogP contribution < -0.4 is 4.74 Å². The van der Waals surface area contributed by atoms with Crippen molar-refractivity contribution in [1.29, 1.82) is 0 Å². The molecule has 162 valence electrons. The van der Waals surface area contributed by atoms with E-state index in [9.17, 15) is 14.0 Å². The number of halogens is 3. The average Bonchev–Trinajstić information content (AvgIpc) is 3.03. The highest BCUT2D eigenvalue weighted by molar-refractivity contribution is 8.18. The number of carbonyl (C=O) groups excluding carboxylic acids is 2. The maximum absolute atomic E-state index is 14.1. The van der Waals surface area contributed by atoms with Gasteiger partial charge >= 0.3 is 0 Å². The lowest BCUT2D eigenvalue weighted by atomic mass is 10.1. The number of hydrogen-bond acceptors (Lipinski definition) is 4. The second-order valence-corrected chi connectivity index (χ2v) is 8.79. The minimum Gasteiger partial charge on any atom is -0.489 e. The SMILES string of the molecule is O=C1S/C(=C\c2cccc(OCc3ccc(Cl)cc3)c2)C(=O)N1Cc1c(F)cccc1Cl. The highest BCUT2D eigenvalue weighted by Gasteiger charge is 2.35. The summed E-state index contributed by atoms with van der Waals surface area (Å²) in [4.78, 5) is 26.4. The lowest BCUT2D eigenvalue weighted by Crippen LogP contribution is -2.28. The third-order valence-corrected chi connectivity index (χ3v) is 6.24. The van der Waals surface area contributed by atoms with Gasteiger partial charge in [0.15, 0.2) is 0 Å². The van der Waals surface area contributed by atoms with Crippen molar-refractivity contribution >= 4 is 52.2 Å². The molecule has 8 heteroatoms. The van der Waals surface area contributed by atoms with E-state index >= 15 is 0 Å². The highest BCUT2D eigenvalue weighted by Crippen LogP contribution is 2.35. The van der Waals surface area contributed by atoms with Gasteiger partial charge in [0.05, 0.1) is 11.4 Å². The summed E-state index contributed by atoms with van der Waals surface area (Å²) in [5.74, 6) is -0.441. The Morgan fingerprint density at radius 3 is 2.50 bits per heavy atom. The summed E-state index contributed by atoms with van der Waals surface area (Å²) >= 11 is 12.7. The zero-order chi connectivity index (χ0) is 22.7. The molecule has 0 aliphatic carbocycles. The first-order valence-corrected chi connectivity index (χ1v) is 11.1. The number of nitrogens with zero attached hydrogens (tertiary/aromatic N) is 1. The fraction of sp³-hybridized carbons (Fsp3) is 0.0833. The van der Waals surface area contributed by atoms with Gasteiger partial charge in [-0.25, -0.2) is 4.39 Å². The number of benzene rings is 3. The summed E-state index contributed by atoms with van der Waals surface area (Å²) in [7, 11) is 0. The maximum atomic E-state index is 14.1. The summed E-state index contributed by atoms with van der Waals surface area (Å²) in [5.41, 5.74) is 1.77. The number of ether oxygens (including phenoxy) is 1. The fourth-order valence-corrected chi connectivity index (χ4v) is 4.26. The Balaban J connectivity index is 1.48. The Kier molecular flexibility index (Phi) is 6.84. The van der Waals surface area contributed by atoms with Crippen LogP contribution >= 0.6 is 35.0 Å². The van der Waals surface area contributed by atoms with Gasteiger partial charge in [0.2, 0.25) is 0 Å². The summed E-state index contributed by atoms with van der Waals surface area (Å²) in [6.45, 7) is 0.137. The number of rotatable bonds is 6. The number of carbonyl (C=O) groups is 2. The van der Waals surface area contributed by atoms with Crippen LogP contribution in [0.5, 0.6) is 5.75 Å². The topological polar surface area (TPSA) is 46.6 Å². The van der Waals surface area contributed by atoms with Crippen LogP contribution in [0.3, 0.4) is 0 Å². The van der Waals surface area contributed by atoms with Crippen molar-refractivity contribution in [1.82, 2.24) is 4.90 Å². The highest BCUT2D eigenvalue weighted by atomic mass is 35.5. The van der Waals surface area contributed by atoms with Crippen LogP contribution in [0.2, 0.25) is 10.0 Å². The standard InChI is InChI=1S/C24H16Cl2FNO3S/c25-17-9-7-15(8-10-17)14-31-18-4-1-3-16(11-18)12-22-23(29)28(24(30)32-22)13-19-20(26)5-2-6-21(19)27/h1-12H,13-14H2/b22-12-. The Labute approximate surface area is 198 Å². The minimum absolute atomic E-state index is 0.107. The van der Waals surface area contributed by atoms with Crippen LogP contribution in [0.1, 0.15) is 16.7 Å². The fourth-order valence-electron chi connectivity index (χ4n) is 3.07. The molecule has 4 rings (SSSR count). The molecule has 0 aromatic heterocycles. The molecule has 0 saturated carbocycles. The van der Waals surface area contributed by atoms with Gasteiger partial charge in [-0.3, -0.25) is 14.5 Å². The molecular formula is C24H16Cl2FNO3S. The molecule has 3 aromatic carbocycles. The van der Waals surface area contributed by atoms with E-state index in [0.717, 1.165) is 22.2 Å². The lowest BCUT2D eigenvalue weighted by molar-refractivity contribution is -0.123. The molecule has 0 N–H and O–H groups in total. The van der Waals surface area contributed by atoms with Gasteiger partial charge in [0, 0.05) is 15.6 Å². The molecule has 0 bridgehead atoms. The van der Waals surface area contributed by atoms with Crippen molar-refractivity contribution < 1.29 is 18.7 Å². The van der Waals surface area contributed by atoms with Crippen molar-refractivity contribution in [2.75, 3.05) is 0 Å². The molecular weight excluding hydrogens is 472 g/mol. The summed E-state index contributed by atoms with van der Waals surface area (Å²) in [6, 6.07) is 18.8. The molecule has 1 aliphatic heterocycles. The van der Waals surface area contributed by atoms with E-state index in [2.05, 4.69) is 0 Å². The van der Waals surface area contributed by atoms with Crippen LogP contribution in [0, 0.1) is 5.82 Å². The molecule has 0 spiro atoms. The molecule has 32 heavy (non-hydrogen) atoms. The molecule has 0 atom stereocenters. The second-order valence-electron chi connectivity index (χ2n) is 6.96.